The lowest BCUT2D eigenvalue weighted by atomic mass is 10.0. The molecule has 5 nitrogen and oxygen atoms in total. The molecular weight excluding hydrogens is 396 g/mol. The molecule has 1 aromatic heterocycles. The molecule has 0 aliphatic carbocycles. The van der Waals surface area contributed by atoms with Crippen molar-refractivity contribution in [3.63, 3.8) is 0 Å². The van der Waals surface area contributed by atoms with Gasteiger partial charge in [0.1, 0.15) is 9.88 Å². The molecule has 0 bridgehead atoms. The number of amides is 2. The zero-order chi connectivity index (χ0) is 20.4. The number of benzene rings is 2. The number of anilines is 1. The summed E-state index contributed by atoms with van der Waals surface area (Å²) < 4.78 is 26.5. The molecule has 1 aliphatic rings. The van der Waals surface area contributed by atoms with Crippen LogP contribution >= 0.6 is 11.3 Å². The van der Waals surface area contributed by atoms with E-state index in [0.717, 1.165) is 47.6 Å². The third-order valence-corrected chi connectivity index (χ3v) is 5.75. The van der Waals surface area contributed by atoms with Gasteiger partial charge in [0.05, 0.1) is 12.7 Å². The zero-order valence-electron chi connectivity index (χ0n) is 15.3. The molecule has 0 spiro atoms. The molecule has 1 aliphatic heterocycles. The van der Waals surface area contributed by atoms with Gasteiger partial charge in [0, 0.05) is 17.8 Å². The minimum absolute atomic E-state index is 0.133. The van der Waals surface area contributed by atoms with Gasteiger partial charge in [-0.15, -0.1) is 11.3 Å². The Morgan fingerprint density at radius 3 is 2.79 bits per heavy atom. The van der Waals surface area contributed by atoms with E-state index in [-0.39, 0.29) is 17.3 Å². The van der Waals surface area contributed by atoms with Crippen LogP contribution < -0.4 is 10.2 Å². The Morgan fingerprint density at radius 2 is 1.97 bits per heavy atom. The van der Waals surface area contributed by atoms with Crippen molar-refractivity contribution >= 4 is 28.8 Å². The zero-order valence-corrected chi connectivity index (χ0v) is 16.1. The van der Waals surface area contributed by atoms with Crippen LogP contribution in [-0.4, -0.2) is 29.9 Å². The van der Waals surface area contributed by atoms with Gasteiger partial charge < -0.3 is 10.2 Å². The Bertz CT molecular complexity index is 1080. The van der Waals surface area contributed by atoms with Crippen molar-refractivity contribution in [3.8, 4) is 10.6 Å². The molecule has 0 atom stereocenters. The van der Waals surface area contributed by atoms with Crippen molar-refractivity contribution in [2.24, 2.45) is 0 Å². The Labute approximate surface area is 170 Å². The Balaban J connectivity index is 1.41. The number of hydrogen-bond acceptors (Lipinski definition) is 4. The predicted octanol–water partition coefficient (Wildman–Crippen LogP) is 3.80. The molecule has 8 heteroatoms. The minimum atomic E-state index is -0.976. The van der Waals surface area contributed by atoms with E-state index in [1.807, 2.05) is 24.3 Å². The van der Waals surface area contributed by atoms with Gasteiger partial charge in [0.15, 0.2) is 11.6 Å². The highest BCUT2D eigenvalue weighted by Gasteiger charge is 2.23. The maximum Gasteiger partial charge on any atom is 0.263 e. The van der Waals surface area contributed by atoms with Crippen molar-refractivity contribution in [2.75, 3.05) is 18.0 Å². The second-order valence-corrected chi connectivity index (χ2v) is 7.65. The maximum absolute atomic E-state index is 13.4. The van der Waals surface area contributed by atoms with Crippen molar-refractivity contribution in [2.45, 2.75) is 12.8 Å². The summed E-state index contributed by atoms with van der Waals surface area (Å²) in [5.74, 6) is -2.54. The van der Waals surface area contributed by atoms with Crippen LogP contribution in [-0.2, 0) is 11.2 Å². The summed E-state index contributed by atoms with van der Waals surface area (Å²) in [6, 6.07) is 11.2. The molecule has 0 saturated carbocycles. The summed E-state index contributed by atoms with van der Waals surface area (Å²) in [4.78, 5) is 31.1. The molecule has 2 aromatic carbocycles. The molecule has 0 saturated heterocycles. The summed E-state index contributed by atoms with van der Waals surface area (Å²) >= 11 is 1.05. The predicted molar refractivity (Wildman–Crippen MR) is 107 cm³/mol. The molecule has 0 fully saturated rings. The second kappa shape index (κ2) is 8.08. The lowest BCUT2D eigenvalue weighted by molar-refractivity contribution is -0.117. The number of thiazole rings is 1. The second-order valence-electron chi connectivity index (χ2n) is 6.62. The van der Waals surface area contributed by atoms with E-state index in [4.69, 9.17) is 0 Å². The van der Waals surface area contributed by atoms with E-state index >= 15 is 0 Å². The SMILES string of the molecule is O=C(NCC(=O)N1CCCc2ccccc21)c1cnc(-c2ccc(F)c(F)c2)s1. The smallest absolute Gasteiger partial charge is 0.263 e. The molecule has 148 valence electrons. The topological polar surface area (TPSA) is 62.3 Å². The molecule has 4 rings (SSSR count). The highest BCUT2D eigenvalue weighted by molar-refractivity contribution is 7.16. The summed E-state index contributed by atoms with van der Waals surface area (Å²) in [5.41, 5.74) is 2.39. The number of halogens is 2. The van der Waals surface area contributed by atoms with Crippen LogP contribution in [0.2, 0.25) is 0 Å². The molecular formula is C21H17F2N3O2S. The van der Waals surface area contributed by atoms with Gasteiger partial charge in [-0.05, 0) is 42.7 Å². The summed E-state index contributed by atoms with van der Waals surface area (Å²) in [5, 5.41) is 3.01. The van der Waals surface area contributed by atoms with Gasteiger partial charge in [0.25, 0.3) is 5.91 Å². The van der Waals surface area contributed by atoms with E-state index in [1.54, 1.807) is 4.90 Å². The van der Waals surface area contributed by atoms with E-state index < -0.39 is 17.5 Å². The van der Waals surface area contributed by atoms with Crippen molar-refractivity contribution in [3.05, 3.63) is 70.7 Å². The van der Waals surface area contributed by atoms with Crippen LogP contribution in [0.4, 0.5) is 14.5 Å². The summed E-state index contributed by atoms with van der Waals surface area (Å²) in [6.07, 6.45) is 3.17. The fraction of sp³-hybridized carbons (Fsp3) is 0.190. The Morgan fingerprint density at radius 1 is 1.14 bits per heavy atom. The first-order chi connectivity index (χ1) is 14.0. The molecule has 0 radical (unpaired) electrons. The molecule has 29 heavy (non-hydrogen) atoms. The van der Waals surface area contributed by atoms with Gasteiger partial charge in [-0.25, -0.2) is 13.8 Å². The van der Waals surface area contributed by atoms with E-state index in [2.05, 4.69) is 10.3 Å². The molecule has 3 aromatic rings. The van der Waals surface area contributed by atoms with Gasteiger partial charge in [-0.2, -0.15) is 0 Å². The Kier molecular flexibility index (Phi) is 5.35. The first-order valence-corrected chi connectivity index (χ1v) is 9.92. The number of rotatable bonds is 4. The fourth-order valence-corrected chi connectivity index (χ4v) is 4.10. The quantitative estimate of drug-likeness (QED) is 0.708. The lowest BCUT2D eigenvalue weighted by Gasteiger charge is -2.29. The third kappa shape index (κ3) is 4.02. The number of nitrogens with zero attached hydrogens (tertiary/aromatic N) is 2. The van der Waals surface area contributed by atoms with Gasteiger partial charge in [-0.3, -0.25) is 9.59 Å². The monoisotopic (exact) mass is 413 g/mol. The number of carbonyl (C=O) groups excluding carboxylic acids is 2. The highest BCUT2D eigenvalue weighted by atomic mass is 32.1. The number of hydrogen-bond donors (Lipinski definition) is 1. The minimum Gasteiger partial charge on any atom is -0.342 e. The standard InChI is InChI=1S/C21H17F2N3O2S/c22-15-8-7-14(10-16(15)23)21-25-11-18(29-21)20(28)24-12-19(27)26-9-3-5-13-4-1-2-6-17(13)26/h1-2,4,6-8,10-11H,3,5,9,12H2,(H,24,28). The van der Waals surface area contributed by atoms with Crippen LogP contribution in [0.15, 0.2) is 48.7 Å². The first kappa shape index (κ1) is 19.2. The Hall–Kier alpha value is -3.13. The van der Waals surface area contributed by atoms with E-state index in [0.29, 0.717) is 17.1 Å². The average molecular weight is 413 g/mol. The number of para-hydroxylation sites is 1. The van der Waals surface area contributed by atoms with E-state index in [9.17, 15) is 18.4 Å². The molecule has 1 N–H and O–H groups in total. The van der Waals surface area contributed by atoms with Crippen LogP contribution in [0.25, 0.3) is 10.6 Å². The highest BCUT2D eigenvalue weighted by Crippen LogP contribution is 2.27. The van der Waals surface area contributed by atoms with Gasteiger partial charge in [0.2, 0.25) is 5.91 Å². The molecule has 2 amide bonds. The molecule has 2 heterocycles. The summed E-state index contributed by atoms with van der Waals surface area (Å²) in [6.45, 7) is 0.484. The van der Waals surface area contributed by atoms with Crippen LogP contribution in [0.5, 0.6) is 0 Å². The van der Waals surface area contributed by atoms with Crippen LogP contribution in [0, 0.1) is 11.6 Å². The fourth-order valence-electron chi connectivity index (χ4n) is 3.27. The average Bonchev–Trinajstić information content (AvgIpc) is 3.23. The van der Waals surface area contributed by atoms with Gasteiger partial charge >= 0.3 is 0 Å². The van der Waals surface area contributed by atoms with Crippen molar-refractivity contribution in [1.82, 2.24) is 10.3 Å². The number of carbonyl (C=O) groups is 2. The number of aryl methyl sites for hydroxylation is 1. The largest absolute Gasteiger partial charge is 0.342 e. The van der Waals surface area contributed by atoms with Gasteiger partial charge in [-0.1, -0.05) is 18.2 Å². The van der Waals surface area contributed by atoms with E-state index in [1.165, 1.54) is 12.3 Å². The number of nitrogens with one attached hydrogen (secondary N) is 1. The van der Waals surface area contributed by atoms with Crippen LogP contribution in [0.3, 0.4) is 0 Å². The maximum atomic E-state index is 13.4. The number of fused-ring (bicyclic) bond motifs is 1. The van der Waals surface area contributed by atoms with Crippen LogP contribution in [0.1, 0.15) is 21.7 Å². The number of aromatic nitrogens is 1. The normalized spacial score (nSPS) is 13.1. The third-order valence-electron chi connectivity index (χ3n) is 4.71. The van der Waals surface area contributed by atoms with Crippen molar-refractivity contribution in [1.29, 1.82) is 0 Å². The first-order valence-electron chi connectivity index (χ1n) is 9.10. The molecule has 0 unspecified atom stereocenters. The summed E-state index contributed by atoms with van der Waals surface area (Å²) in [7, 11) is 0. The van der Waals surface area contributed by atoms with Crippen molar-refractivity contribution < 1.29 is 18.4 Å². The lowest BCUT2D eigenvalue weighted by Crippen LogP contribution is -2.42.